The minimum absolute atomic E-state index is 0.175. The van der Waals surface area contributed by atoms with E-state index in [1.54, 1.807) is 23.6 Å². The standard InChI is InChI=1S/C22H20N4O3S/c27-21(7-9-23-22(28)16-8-11-30-15-16)25-17-4-3-5-19(12-17)29-14-18-13-26-10-2-1-6-20(26)24-18/h1-6,8,10-13,15H,7,9,14H2,(H,23,28)(H,25,27). The van der Waals surface area contributed by atoms with Crippen LogP contribution in [0.2, 0.25) is 0 Å². The predicted molar refractivity (Wildman–Crippen MR) is 116 cm³/mol. The number of imidazole rings is 1. The SMILES string of the molecule is O=C(CCNC(=O)c1ccsc1)Nc1cccc(OCc2cn3ccccc3n2)c1. The van der Waals surface area contributed by atoms with Crippen molar-refractivity contribution in [3.05, 3.63) is 82.9 Å². The molecule has 0 spiro atoms. The number of anilines is 1. The highest BCUT2D eigenvalue weighted by atomic mass is 32.1. The fourth-order valence-electron chi connectivity index (χ4n) is 2.89. The molecular formula is C22H20N4O3S. The minimum Gasteiger partial charge on any atom is -0.487 e. The Morgan fingerprint density at radius 2 is 2.07 bits per heavy atom. The van der Waals surface area contributed by atoms with Gasteiger partial charge in [-0.3, -0.25) is 9.59 Å². The van der Waals surface area contributed by atoms with Gasteiger partial charge in [-0.1, -0.05) is 12.1 Å². The first-order valence-corrected chi connectivity index (χ1v) is 10.4. The van der Waals surface area contributed by atoms with Crippen LogP contribution in [-0.4, -0.2) is 27.7 Å². The van der Waals surface area contributed by atoms with Crippen molar-refractivity contribution in [2.75, 3.05) is 11.9 Å². The number of pyridine rings is 1. The van der Waals surface area contributed by atoms with Gasteiger partial charge in [-0.05, 0) is 35.7 Å². The van der Waals surface area contributed by atoms with Gasteiger partial charge in [0.2, 0.25) is 5.91 Å². The Kier molecular flexibility index (Phi) is 6.05. The third-order valence-electron chi connectivity index (χ3n) is 4.34. The van der Waals surface area contributed by atoms with Gasteiger partial charge in [0.1, 0.15) is 18.0 Å². The second kappa shape index (κ2) is 9.23. The Labute approximate surface area is 177 Å². The summed E-state index contributed by atoms with van der Waals surface area (Å²) in [6, 6.07) is 14.8. The van der Waals surface area contributed by atoms with Gasteiger partial charge in [0, 0.05) is 48.1 Å². The molecule has 0 bridgehead atoms. The maximum absolute atomic E-state index is 12.2. The predicted octanol–water partition coefficient (Wildman–Crippen LogP) is 3.73. The second-order valence-electron chi connectivity index (χ2n) is 6.58. The van der Waals surface area contributed by atoms with Crippen molar-refractivity contribution in [1.29, 1.82) is 0 Å². The highest BCUT2D eigenvalue weighted by Gasteiger charge is 2.08. The Morgan fingerprint density at radius 3 is 2.90 bits per heavy atom. The summed E-state index contributed by atoms with van der Waals surface area (Å²) in [6.07, 6.45) is 4.04. The van der Waals surface area contributed by atoms with Crippen LogP contribution in [0.1, 0.15) is 22.5 Å². The number of amides is 2. The Morgan fingerprint density at radius 1 is 1.13 bits per heavy atom. The van der Waals surface area contributed by atoms with E-state index in [4.69, 9.17) is 4.74 Å². The maximum atomic E-state index is 12.2. The summed E-state index contributed by atoms with van der Waals surface area (Å²) in [5.41, 5.74) is 2.92. The van der Waals surface area contributed by atoms with E-state index in [9.17, 15) is 9.59 Å². The smallest absolute Gasteiger partial charge is 0.252 e. The molecule has 0 aliphatic heterocycles. The Hall–Kier alpha value is -3.65. The van der Waals surface area contributed by atoms with Crippen LogP contribution >= 0.6 is 11.3 Å². The average Bonchev–Trinajstić information content (AvgIpc) is 3.42. The van der Waals surface area contributed by atoms with Crippen molar-refractivity contribution >= 4 is 34.5 Å². The summed E-state index contributed by atoms with van der Waals surface area (Å²) in [4.78, 5) is 28.5. The zero-order valence-corrected chi connectivity index (χ0v) is 16.9. The van der Waals surface area contributed by atoms with E-state index in [1.165, 1.54) is 11.3 Å². The molecule has 2 amide bonds. The van der Waals surface area contributed by atoms with E-state index in [2.05, 4.69) is 15.6 Å². The van der Waals surface area contributed by atoms with Crippen molar-refractivity contribution in [3.8, 4) is 5.75 Å². The van der Waals surface area contributed by atoms with Crippen molar-refractivity contribution in [2.45, 2.75) is 13.0 Å². The molecule has 30 heavy (non-hydrogen) atoms. The van der Waals surface area contributed by atoms with Crippen molar-refractivity contribution in [2.24, 2.45) is 0 Å². The Bertz CT molecular complexity index is 1120. The summed E-state index contributed by atoms with van der Waals surface area (Å²) in [5, 5.41) is 9.17. The van der Waals surface area contributed by atoms with E-state index in [1.807, 2.05) is 52.5 Å². The number of nitrogens with one attached hydrogen (secondary N) is 2. The van der Waals surface area contributed by atoms with Gasteiger partial charge in [-0.2, -0.15) is 11.3 Å². The molecule has 152 valence electrons. The van der Waals surface area contributed by atoms with Crippen LogP contribution < -0.4 is 15.4 Å². The monoisotopic (exact) mass is 420 g/mol. The molecule has 0 aliphatic rings. The van der Waals surface area contributed by atoms with Crippen LogP contribution in [0.25, 0.3) is 5.65 Å². The zero-order valence-electron chi connectivity index (χ0n) is 16.1. The number of hydrogen-bond acceptors (Lipinski definition) is 5. The molecule has 4 aromatic rings. The molecule has 2 N–H and O–H groups in total. The van der Waals surface area contributed by atoms with Crippen molar-refractivity contribution in [3.63, 3.8) is 0 Å². The fraction of sp³-hybridized carbons (Fsp3) is 0.136. The number of thiophene rings is 1. The molecule has 0 aliphatic carbocycles. The molecule has 0 unspecified atom stereocenters. The third-order valence-corrected chi connectivity index (χ3v) is 5.02. The number of aromatic nitrogens is 2. The van der Waals surface area contributed by atoms with E-state index in [0.717, 1.165) is 11.3 Å². The first kappa shape index (κ1) is 19.7. The molecule has 0 fully saturated rings. The van der Waals surface area contributed by atoms with Gasteiger partial charge in [0.05, 0.1) is 5.69 Å². The minimum atomic E-state index is -0.182. The van der Waals surface area contributed by atoms with Gasteiger partial charge >= 0.3 is 0 Å². The number of ether oxygens (including phenoxy) is 1. The molecule has 3 heterocycles. The normalized spacial score (nSPS) is 10.7. The largest absolute Gasteiger partial charge is 0.487 e. The number of nitrogens with zero attached hydrogens (tertiary/aromatic N) is 2. The number of carbonyl (C=O) groups excluding carboxylic acids is 2. The maximum Gasteiger partial charge on any atom is 0.252 e. The van der Waals surface area contributed by atoms with Crippen LogP contribution in [0.5, 0.6) is 5.75 Å². The highest BCUT2D eigenvalue weighted by molar-refractivity contribution is 7.08. The van der Waals surface area contributed by atoms with Gasteiger partial charge < -0.3 is 19.8 Å². The molecule has 0 radical (unpaired) electrons. The summed E-state index contributed by atoms with van der Waals surface area (Å²) in [7, 11) is 0. The lowest BCUT2D eigenvalue weighted by Crippen LogP contribution is -2.27. The van der Waals surface area contributed by atoms with Gasteiger partial charge in [0.15, 0.2) is 0 Å². The fourth-order valence-corrected chi connectivity index (χ4v) is 3.52. The van der Waals surface area contributed by atoms with Crippen molar-refractivity contribution < 1.29 is 14.3 Å². The van der Waals surface area contributed by atoms with Crippen LogP contribution in [0.15, 0.2) is 71.7 Å². The quantitative estimate of drug-likeness (QED) is 0.455. The lowest BCUT2D eigenvalue weighted by molar-refractivity contribution is -0.116. The number of hydrogen-bond donors (Lipinski definition) is 2. The lowest BCUT2D eigenvalue weighted by atomic mass is 10.2. The number of rotatable bonds is 8. The average molecular weight is 420 g/mol. The van der Waals surface area contributed by atoms with E-state index in [0.29, 0.717) is 23.6 Å². The van der Waals surface area contributed by atoms with Gasteiger partial charge in [-0.25, -0.2) is 4.98 Å². The van der Waals surface area contributed by atoms with Crippen LogP contribution in [0.4, 0.5) is 5.69 Å². The topological polar surface area (TPSA) is 84.7 Å². The first-order valence-electron chi connectivity index (χ1n) is 9.43. The van der Waals surface area contributed by atoms with Crippen molar-refractivity contribution in [1.82, 2.24) is 14.7 Å². The zero-order chi connectivity index (χ0) is 20.8. The molecule has 0 atom stereocenters. The highest BCUT2D eigenvalue weighted by Crippen LogP contribution is 2.19. The summed E-state index contributed by atoms with van der Waals surface area (Å²) >= 11 is 1.46. The van der Waals surface area contributed by atoms with E-state index in [-0.39, 0.29) is 24.8 Å². The number of benzene rings is 1. The second-order valence-corrected chi connectivity index (χ2v) is 7.36. The molecule has 1 aromatic carbocycles. The van der Waals surface area contributed by atoms with Crippen LogP contribution in [0, 0.1) is 0 Å². The van der Waals surface area contributed by atoms with Crippen LogP contribution in [-0.2, 0) is 11.4 Å². The molecule has 0 saturated heterocycles. The Balaban J connectivity index is 1.26. The van der Waals surface area contributed by atoms with Gasteiger partial charge in [0.25, 0.3) is 5.91 Å². The molecular weight excluding hydrogens is 400 g/mol. The van der Waals surface area contributed by atoms with Gasteiger partial charge in [-0.15, -0.1) is 0 Å². The summed E-state index contributed by atoms with van der Waals surface area (Å²) < 4.78 is 7.75. The first-order chi connectivity index (χ1) is 14.7. The molecule has 4 rings (SSSR count). The van der Waals surface area contributed by atoms with E-state index < -0.39 is 0 Å². The molecule has 3 aromatic heterocycles. The van der Waals surface area contributed by atoms with E-state index >= 15 is 0 Å². The molecule has 8 heteroatoms. The molecule has 7 nitrogen and oxygen atoms in total. The number of carbonyl (C=O) groups is 2. The van der Waals surface area contributed by atoms with Crippen LogP contribution in [0.3, 0.4) is 0 Å². The molecule has 0 saturated carbocycles. The third kappa shape index (κ3) is 5.03. The number of fused-ring (bicyclic) bond motifs is 1. The summed E-state index contributed by atoms with van der Waals surface area (Å²) in [5.74, 6) is 0.278. The lowest BCUT2D eigenvalue weighted by Gasteiger charge is -2.09. The summed E-state index contributed by atoms with van der Waals surface area (Å²) in [6.45, 7) is 0.596.